The molecule has 172 valence electrons. The van der Waals surface area contributed by atoms with Crippen LogP contribution in [0.25, 0.3) is 0 Å². The molecule has 2 aromatic carbocycles. The maximum Gasteiger partial charge on any atom is 0.303 e. The highest BCUT2D eigenvalue weighted by molar-refractivity contribution is 5.97. The Bertz CT molecular complexity index is 1090. The maximum absolute atomic E-state index is 12.6. The second kappa shape index (κ2) is 10.2. The minimum absolute atomic E-state index is 0.00626. The Morgan fingerprint density at radius 2 is 2.09 bits per heavy atom. The van der Waals surface area contributed by atoms with Gasteiger partial charge in [0.25, 0.3) is 5.91 Å². The van der Waals surface area contributed by atoms with Gasteiger partial charge >= 0.3 is 5.97 Å². The molecule has 2 heterocycles. The van der Waals surface area contributed by atoms with Crippen molar-refractivity contribution in [2.45, 2.75) is 38.1 Å². The highest BCUT2D eigenvalue weighted by atomic mass is 16.5. The Morgan fingerprint density at radius 1 is 1.27 bits per heavy atom. The maximum atomic E-state index is 12.6. The van der Waals surface area contributed by atoms with Crippen LogP contribution < -0.4 is 15.0 Å². The predicted molar refractivity (Wildman–Crippen MR) is 126 cm³/mol. The number of carbonyl (C=O) groups excluding carboxylic acids is 1. The van der Waals surface area contributed by atoms with Crippen LogP contribution in [-0.2, 0) is 16.0 Å². The number of aromatic amines is 1. The molecular weight excluding hydrogens is 420 g/mol. The molecule has 4 rings (SSSR count). The van der Waals surface area contributed by atoms with E-state index in [1.54, 1.807) is 17.3 Å². The number of imidazole rings is 1. The van der Waals surface area contributed by atoms with Gasteiger partial charge in [0.15, 0.2) is 12.6 Å². The summed E-state index contributed by atoms with van der Waals surface area (Å²) < 4.78 is 5.73. The molecule has 2 unspecified atom stereocenters. The number of carboxylic acid groups (broad SMARTS) is 1. The molecule has 3 N–H and O–H groups in total. The molecule has 0 radical (unpaired) electrons. The molecule has 1 aliphatic heterocycles. The molecule has 1 aliphatic rings. The number of carboxylic acids is 1. The van der Waals surface area contributed by atoms with Crippen molar-refractivity contribution in [3.63, 3.8) is 0 Å². The number of hydrogen-bond donors (Lipinski definition) is 3. The van der Waals surface area contributed by atoms with E-state index in [-0.39, 0.29) is 30.9 Å². The summed E-state index contributed by atoms with van der Waals surface area (Å²) >= 11 is 0. The van der Waals surface area contributed by atoms with Crippen LogP contribution >= 0.6 is 0 Å². The Kier molecular flexibility index (Phi) is 6.92. The fourth-order valence-electron chi connectivity index (χ4n) is 4.12. The SMILES string of the molecule is CC(CCN1C(=O)COc2cc(CC(CC(=O)O)c3ccccc3)ccc21)Nc1ncc[nH]1. The number of fused-ring (bicyclic) bond motifs is 1. The van der Waals surface area contributed by atoms with Crippen LogP contribution in [0.15, 0.2) is 60.9 Å². The highest BCUT2D eigenvalue weighted by Gasteiger charge is 2.26. The third-order valence-corrected chi connectivity index (χ3v) is 5.81. The molecule has 0 aliphatic carbocycles. The number of benzene rings is 2. The fraction of sp³-hybridized carbons (Fsp3) is 0.320. The molecule has 8 nitrogen and oxygen atoms in total. The largest absolute Gasteiger partial charge is 0.482 e. The number of ether oxygens (including phenoxy) is 1. The molecule has 0 fully saturated rings. The molecule has 0 saturated carbocycles. The topological polar surface area (TPSA) is 108 Å². The number of nitrogens with one attached hydrogen (secondary N) is 2. The van der Waals surface area contributed by atoms with E-state index in [1.807, 2.05) is 55.5 Å². The number of aliphatic carboxylic acids is 1. The van der Waals surface area contributed by atoms with E-state index >= 15 is 0 Å². The second-order valence-electron chi connectivity index (χ2n) is 8.32. The van der Waals surface area contributed by atoms with Crippen molar-refractivity contribution < 1.29 is 19.4 Å². The van der Waals surface area contributed by atoms with Gasteiger partial charge in [-0.05, 0) is 48.9 Å². The zero-order valence-electron chi connectivity index (χ0n) is 18.5. The molecule has 0 spiro atoms. The summed E-state index contributed by atoms with van der Waals surface area (Å²) in [5.41, 5.74) is 2.72. The van der Waals surface area contributed by atoms with Gasteiger partial charge in [-0.1, -0.05) is 36.4 Å². The first kappa shape index (κ1) is 22.4. The van der Waals surface area contributed by atoms with Gasteiger partial charge in [-0.15, -0.1) is 0 Å². The first-order valence-corrected chi connectivity index (χ1v) is 11.1. The van der Waals surface area contributed by atoms with Crippen molar-refractivity contribution in [3.05, 3.63) is 72.1 Å². The highest BCUT2D eigenvalue weighted by Crippen LogP contribution is 2.35. The fourth-order valence-corrected chi connectivity index (χ4v) is 4.12. The van der Waals surface area contributed by atoms with E-state index < -0.39 is 5.97 Å². The van der Waals surface area contributed by atoms with Crippen LogP contribution in [-0.4, -0.2) is 46.1 Å². The van der Waals surface area contributed by atoms with Gasteiger partial charge in [-0.25, -0.2) is 4.98 Å². The van der Waals surface area contributed by atoms with Crippen LogP contribution in [0.3, 0.4) is 0 Å². The molecular formula is C25H28N4O4. The Balaban J connectivity index is 1.46. The molecule has 33 heavy (non-hydrogen) atoms. The van der Waals surface area contributed by atoms with Crippen molar-refractivity contribution in [1.29, 1.82) is 0 Å². The molecule has 1 amide bonds. The predicted octanol–water partition coefficient (Wildman–Crippen LogP) is 3.83. The number of nitrogens with zero attached hydrogens (tertiary/aromatic N) is 2. The summed E-state index contributed by atoms with van der Waals surface area (Å²) in [5, 5.41) is 12.7. The molecule has 1 aromatic heterocycles. The van der Waals surface area contributed by atoms with Crippen molar-refractivity contribution in [2.75, 3.05) is 23.4 Å². The van der Waals surface area contributed by atoms with Crippen LogP contribution in [0.2, 0.25) is 0 Å². The summed E-state index contributed by atoms with van der Waals surface area (Å²) in [5.74, 6) is 0.313. The number of anilines is 2. The number of rotatable bonds is 10. The van der Waals surface area contributed by atoms with Crippen molar-refractivity contribution in [2.24, 2.45) is 0 Å². The Morgan fingerprint density at radius 3 is 2.82 bits per heavy atom. The first-order valence-electron chi connectivity index (χ1n) is 11.1. The molecule has 2 atom stereocenters. The summed E-state index contributed by atoms with van der Waals surface area (Å²) in [6, 6.07) is 15.6. The number of hydrogen-bond acceptors (Lipinski definition) is 5. The molecule has 3 aromatic rings. The van der Waals surface area contributed by atoms with Crippen molar-refractivity contribution in [1.82, 2.24) is 9.97 Å². The van der Waals surface area contributed by atoms with Crippen LogP contribution in [0.1, 0.15) is 36.8 Å². The number of carbonyl (C=O) groups is 2. The number of aromatic nitrogens is 2. The van der Waals surface area contributed by atoms with Gasteiger partial charge in [0.2, 0.25) is 0 Å². The molecule has 8 heteroatoms. The van der Waals surface area contributed by atoms with E-state index in [0.29, 0.717) is 24.7 Å². The van der Waals surface area contributed by atoms with Crippen molar-refractivity contribution >= 4 is 23.5 Å². The van der Waals surface area contributed by atoms with Crippen LogP contribution in [0.5, 0.6) is 5.75 Å². The standard InChI is InChI=1S/C25H28N4O4/c1-17(28-25-26-10-11-27-25)9-12-29-21-8-7-18(14-22(21)33-16-23(29)30)13-20(15-24(31)32)19-5-3-2-4-6-19/h2-8,10-11,14,17,20H,9,12-13,15-16H2,1H3,(H,31,32)(H2,26,27,28). The minimum Gasteiger partial charge on any atom is -0.482 e. The zero-order valence-corrected chi connectivity index (χ0v) is 18.5. The van der Waals surface area contributed by atoms with Crippen LogP contribution in [0, 0.1) is 0 Å². The lowest BCUT2D eigenvalue weighted by Gasteiger charge is -2.31. The number of H-pyrrole nitrogens is 1. The van der Waals surface area contributed by atoms with E-state index in [9.17, 15) is 14.7 Å². The smallest absolute Gasteiger partial charge is 0.303 e. The summed E-state index contributed by atoms with van der Waals surface area (Å²) in [6.45, 7) is 2.59. The Labute approximate surface area is 192 Å². The quantitative estimate of drug-likeness (QED) is 0.435. The average Bonchev–Trinajstić information content (AvgIpc) is 3.31. The summed E-state index contributed by atoms with van der Waals surface area (Å²) in [7, 11) is 0. The number of amides is 1. The van der Waals surface area contributed by atoms with Gasteiger partial charge in [-0.2, -0.15) is 0 Å². The summed E-state index contributed by atoms with van der Waals surface area (Å²) in [6.07, 6.45) is 4.81. The lowest BCUT2D eigenvalue weighted by atomic mass is 9.89. The Hall–Kier alpha value is -3.81. The third-order valence-electron chi connectivity index (χ3n) is 5.81. The minimum atomic E-state index is -0.827. The lowest BCUT2D eigenvalue weighted by molar-refractivity contribution is -0.137. The van der Waals surface area contributed by atoms with E-state index in [0.717, 1.165) is 23.2 Å². The van der Waals surface area contributed by atoms with E-state index in [4.69, 9.17) is 4.74 Å². The van der Waals surface area contributed by atoms with Gasteiger partial charge in [0, 0.05) is 25.0 Å². The normalized spacial score (nSPS) is 14.8. The zero-order chi connectivity index (χ0) is 23.2. The van der Waals surface area contributed by atoms with Crippen LogP contribution in [0.4, 0.5) is 11.6 Å². The first-order chi connectivity index (χ1) is 16.0. The van der Waals surface area contributed by atoms with Gasteiger partial charge in [0.1, 0.15) is 5.75 Å². The molecule has 0 bridgehead atoms. The third kappa shape index (κ3) is 5.71. The van der Waals surface area contributed by atoms with Gasteiger partial charge < -0.3 is 25.0 Å². The average molecular weight is 449 g/mol. The lowest BCUT2D eigenvalue weighted by Crippen LogP contribution is -2.40. The van der Waals surface area contributed by atoms with Gasteiger partial charge in [0.05, 0.1) is 12.1 Å². The second-order valence-corrected chi connectivity index (χ2v) is 8.32. The molecule has 0 saturated heterocycles. The monoisotopic (exact) mass is 448 g/mol. The van der Waals surface area contributed by atoms with Gasteiger partial charge in [-0.3, -0.25) is 9.59 Å². The van der Waals surface area contributed by atoms with Crippen molar-refractivity contribution in [3.8, 4) is 5.75 Å². The summed E-state index contributed by atoms with van der Waals surface area (Å²) in [4.78, 5) is 32.9. The van der Waals surface area contributed by atoms with E-state index in [2.05, 4.69) is 15.3 Å². The van der Waals surface area contributed by atoms with E-state index in [1.165, 1.54) is 0 Å².